The number of esters is 2. The van der Waals surface area contributed by atoms with Crippen molar-refractivity contribution in [2.24, 2.45) is 5.92 Å². The van der Waals surface area contributed by atoms with Crippen LogP contribution in [0.2, 0.25) is 0 Å². The topological polar surface area (TPSA) is 115 Å². The molecule has 4 aliphatic heterocycles. The number of rotatable bonds is 3. The number of carbonyl (C=O) groups excluding carboxylic acids is 2. The second-order valence-electron chi connectivity index (χ2n) is 7.42. The lowest BCUT2D eigenvalue weighted by Crippen LogP contribution is -2.45. The highest BCUT2D eigenvalue weighted by molar-refractivity contribution is 5.92. The fourth-order valence-electron chi connectivity index (χ4n) is 4.13. The third-order valence-corrected chi connectivity index (χ3v) is 5.74. The molecule has 5 aliphatic rings. The van der Waals surface area contributed by atoms with Crippen molar-refractivity contribution in [3.63, 3.8) is 0 Å². The maximum Gasteiger partial charge on any atom is 0.336 e. The molecule has 6 atom stereocenters. The minimum atomic E-state index is -1.18. The predicted octanol–water partition coefficient (Wildman–Crippen LogP) is 0.141. The van der Waals surface area contributed by atoms with Gasteiger partial charge >= 0.3 is 11.9 Å². The fraction of sp³-hybridized carbons (Fsp3) is 0.579. The Morgan fingerprint density at radius 2 is 2.22 bits per heavy atom. The van der Waals surface area contributed by atoms with Crippen LogP contribution in [0.25, 0.3) is 0 Å². The van der Waals surface area contributed by atoms with Crippen LogP contribution in [-0.4, -0.2) is 65.6 Å². The van der Waals surface area contributed by atoms with Gasteiger partial charge in [0.2, 0.25) is 0 Å². The number of fused-ring (bicyclic) bond motifs is 4. The molecule has 8 heteroatoms. The van der Waals surface area contributed by atoms with Crippen molar-refractivity contribution >= 4 is 11.9 Å². The molecule has 0 aromatic heterocycles. The second kappa shape index (κ2) is 6.56. The van der Waals surface area contributed by atoms with E-state index < -0.39 is 48.6 Å². The lowest BCUT2D eigenvalue weighted by atomic mass is 9.81. The third-order valence-electron chi connectivity index (χ3n) is 5.74. The highest BCUT2D eigenvalue weighted by Gasteiger charge is 2.65. The van der Waals surface area contributed by atoms with Crippen molar-refractivity contribution in [2.45, 2.75) is 49.5 Å². The van der Waals surface area contributed by atoms with E-state index in [1.807, 2.05) is 0 Å². The largest absolute Gasteiger partial charge is 0.458 e. The average Bonchev–Trinajstić information content (AvgIpc) is 3.26. The first-order valence-electron chi connectivity index (χ1n) is 8.92. The first kappa shape index (κ1) is 18.4. The third kappa shape index (κ3) is 3.02. The van der Waals surface area contributed by atoms with E-state index in [0.717, 1.165) is 5.57 Å². The van der Waals surface area contributed by atoms with Crippen LogP contribution in [0.15, 0.2) is 36.0 Å². The monoisotopic (exact) mass is 378 g/mol. The van der Waals surface area contributed by atoms with Crippen LogP contribution >= 0.6 is 0 Å². The minimum absolute atomic E-state index is 0.109. The Morgan fingerprint density at radius 3 is 2.96 bits per heavy atom. The van der Waals surface area contributed by atoms with Gasteiger partial charge < -0.3 is 29.2 Å². The molecular formula is C19H22O8. The number of hydrogen-bond donors (Lipinski definition) is 2. The van der Waals surface area contributed by atoms with Crippen LogP contribution < -0.4 is 0 Å². The summed E-state index contributed by atoms with van der Waals surface area (Å²) in [6, 6.07) is 0. The number of epoxide rings is 1. The van der Waals surface area contributed by atoms with Gasteiger partial charge in [-0.05, 0) is 24.5 Å². The van der Waals surface area contributed by atoms with Gasteiger partial charge in [0.05, 0.1) is 30.8 Å². The molecule has 1 spiro atoms. The molecule has 4 heterocycles. The van der Waals surface area contributed by atoms with Crippen molar-refractivity contribution in [1.29, 1.82) is 0 Å². The molecule has 0 radical (unpaired) electrons. The molecule has 0 saturated carbocycles. The zero-order valence-corrected chi connectivity index (χ0v) is 14.8. The molecule has 0 amide bonds. The zero-order valence-electron chi connectivity index (χ0n) is 14.8. The van der Waals surface area contributed by atoms with E-state index in [-0.39, 0.29) is 30.3 Å². The van der Waals surface area contributed by atoms with Crippen molar-refractivity contribution in [2.75, 3.05) is 13.2 Å². The van der Waals surface area contributed by atoms with Gasteiger partial charge in [-0.1, -0.05) is 13.2 Å². The normalized spacial score (nSPS) is 40.2. The second-order valence-corrected chi connectivity index (χ2v) is 7.42. The maximum absolute atomic E-state index is 12.3. The molecule has 3 saturated heterocycles. The number of hydrogen-bond acceptors (Lipinski definition) is 8. The van der Waals surface area contributed by atoms with Crippen LogP contribution in [-0.2, 0) is 28.5 Å². The van der Waals surface area contributed by atoms with Gasteiger partial charge in [0, 0.05) is 12.0 Å². The quantitative estimate of drug-likeness (QED) is 0.308. The molecule has 2 bridgehead atoms. The summed E-state index contributed by atoms with van der Waals surface area (Å²) in [5.74, 6) is -1.95. The van der Waals surface area contributed by atoms with Gasteiger partial charge in [0.25, 0.3) is 0 Å². The SMILES string of the molecule is C=C(CO)C(=O)O[C@H]1C[C@@]23O[C@@H]2CCC(=C[C@H]2OC(=O)C(=C)[C@H]12)CO[C@H]3O. The van der Waals surface area contributed by atoms with Crippen molar-refractivity contribution in [3.05, 3.63) is 36.0 Å². The smallest absolute Gasteiger partial charge is 0.336 e. The minimum Gasteiger partial charge on any atom is -0.458 e. The molecule has 27 heavy (non-hydrogen) atoms. The molecule has 5 rings (SSSR count). The van der Waals surface area contributed by atoms with E-state index in [0.29, 0.717) is 12.8 Å². The molecule has 0 unspecified atom stereocenters. The molecule has 146 valence electrons. The van der Waals surface area contributed by atoms with E-state index in [9.17, 15) is 14.7 Å². The molecule has 2 N–H and O–H groups in total. The molecular weight excluding hydrogens is 356 g/mol. The van der Waals surface area contributed by atoms with Gasteiger partial charge in [0.15, 0.2) is 6.29 Å². The molecule has 8 nitrogen and oxygen atoms in total. The number of aliphatic hydroxyl groups is 2. The first-order valence-corrected chi connectivity index (χ1v) is 8.92. The van der Waals surface area contributed by atoms with Crippen LogP contribution in [0.4, 0.5) is 0 Å². The van der Waals surface area contributed by atoms with E-state index in [4.69, 9.17) is 24.1 Å². The Balaban J connectivity index is 1.74. The lowest BCUT2D eigenvalue weighted by Gasteiger charge is -2.33. The van der Waals surface area contributed by atoms with Crippen LogP contribution in [0.5, 0.6) is 0 Å². The number of carbonyl (C=O) groups is 2. The fourth-order valence-corrected chi connectivity index (χ4v) is 4.13. The molecule has 1 aliphatic carbocycles. The number of aliphatic hydroxyl groups excluding tert-OH is 2. The van der Waals surface area contributed by atoms with E-state index in [1.165, 1.54) is 0 Å². The summed E-state index contributed by atoms with van der Waals surface area (Å²) in [4.78, 5) is 24.4. The predicted molar refractivity (Wildman–Crippen MR) is 90.1 cm³/mol. The molecule has 0 aromatic carbocycles. The van der Waals surface area contributed by atoms with Crippen molar-refractivity contribution in [3.8, 4) is 0 Å². The zero-order chi connectivity index (χ0) is 19.3. The van der Waals surface area contributed by atoms with Crippen molar-refractivity contribution in [1.82, 2.24) is 0 Å². The van der Waals surface area contributed by atoms with E-state index in [2.05, 4.69) is 13.2 Å². The van der Waals surface area contributed by atoms with Crippen LogP contribution in [0.1, 0.15) is 19.3 Å². The maximum atomic E-state index is 12.3. The Hall–Kier alpha value is -2.00. The summed E-state index contributed by atoms with van der Waals surface area (Å²) < 4.78 is 22.4. The van der Waals surface area contributed by atoms with Gasteiger partial charge in [-0.15, -0.1) is 0 Å². The highest BCUT2D eigenvalue weighted by Crippen LogP contribution is 2.51. The summed E-state index contributed by atoms with van der Waals surface area (Å²) in [5, 5.41) is 19.7. The van der Waals surface area contributed by atoms with Gasteiger partial charge in [0.1, 0.15) is 17.8 Å². The first-order chi connectivity index (χ1) is 12.9. The molecule has 0 aromatic rings. The summed E-state index contributed by atoms with van der Waals surface area (Å²) in [6.07, 6.45) is 0.352. The standard InChI is InChI=1S/C19H22O8/c1-9(7-20)16(21)26-13-6-19-14(27-19)4-3-11(8-24-18(19)23)5-12-15(13)10(2)17(22)25-12/h5,12-15,18,20,23H,1-4,6-8H2/t12-,13+,14-,15+,18-,19-/m1/s1. The summed E-state index contributed by atoms with van der Waals surface area (Å²) in [6.45, 7) is 6.95. The molecule has 3 fully saturated rings. The van der Waals surface area contributed by atoms with Crippen molar-refractivity contribution < 1.29 is 38.7 Å². The lowest BCUT2D eigenvalue weighted by molar-refractivity contribution is -0.163. The summed E-state index contributed by atoms with van der Waals surface area (Å²) >= 11 is 0. The van der Waals surface area contributed by atoms with E-state index in [1.54, 1.807) is 6.08 Å². The van der Waals surface area contributed by atoms with Gasteiger partial charge in [-0.2, -0.15) is 0 Å². The van der Waals surface area contributed by atoms with Crippen LogP contribution in [0, 0.1) is 5.92 Å². The summed E-state index contributed by atoms with van der Waals surface area (Å²) in [5.41, 5.74) is -0.0403. The van der Waals surface area contributed by atoms with Gasteiger partial charge in [-0.3, -0.25) is 0 Å². The summed E-state index contributed by atoms with van der Waals surface area (Å²) in [7, 11) is 0. The van der Waals surface area contributed by atoms with E-state index >= 15 is 0 Å². The number of ether oxygens (including phenoxy) is 4. The Bertz CT molecular complexity index is 740. The average molecular weight is 378 g/mol. The van der Waals surface area contributed by atoms with Crippen LogP contribution in [0.3, 0.4) is 0 Å². The Morgan fingerprint density at radius 1 is 1.44 bits per heavy atom. The Kier molecular flexibility index (Phi) is 4.46. The Labute approximate surface area is 156 Å². The highest BCUT2D eigenvalue weighted by atomic mass is 16.7. The van der Waals surface area contributed by atoms with Gasteiger partial charge in [-0.25, -0.2) is 9.59 Å².